The molecule has 0 aromatic heterocycles. The van der Waals surface area contributed by atoms with E-state index in [1.165, 1.54) is 24.3 Å². The molecule has 6 nitrogen and oxygen atoms in total. The number of sulfonamides is 1. The van der Waals surface area contributed by atoms with E-state index in [0.29, 0.717) is 18.0 Å². The third kappa shape index (κ3) is 6.58. The molecule has 3 rings (SSSR count). The Morgan fingerprint density at radius 2 is 1.55 bits per heavy atom. The first-order chi connectivity index (χ1) is 14.7. The van der Waals surface area contributed by atoms with Crippen molar-refractivity contribution in [1.29, 1.82) is 0 Å². The number of aryl methyl sites for hydroxylation is 3. The summed E-state index contributed by atoms with van der Waals surface area (Å²) in [4.78, 5) is 12.1. The fraction of sp³-hybridized carbons (Fsp3) is 0.208. The maximum absolute atomic E-state index is 12.6. The molecular weight excluding hydrogens is 412 g/mol. The van der Waals surface area contributed by atoms with Crippen molar-refractivity contribution in [2.75, 3.05) is 11.3 Å². The minimum Gasteiger partial charge on any atom is -0.484 e. The Hall–Kier alpha value is -3.32. The van der Waals surface area contributed by atoms with E-state index in [0.717, 1.165) is 22.3 Å². The monoisotopic (exact) mass is 438 g/mol. The number of hydrogen-bond donors (Lipinski definition) is 2. The van der Waals surface area contributed by atoms with Gasteiger partial charge in [0.25, 0.3) is 15.9 Å². The highest BCUT2D eigenvalue weighted by Gasteiger charge is 2.15. The van der Waals surface area contributed by atoms with Crippen molar-refractivity contribution in [3.63, 3.8) is 0 Å². The predicted octanol–water partition coefficient (Wildman–Crippen LogP) is 4.11. The lowest BCUT2D eigenvalue weighted by atomic mass is 10.1. The summed E-state index contributed by atoms with van der Waals surface area (Å²) in [5.74, 6) is 0.158. The molecule has 0 heterocycles. The van der Waals surface area contributed by atoms with Crippen LogP contribution in [0.15, 0.2) is 71.6 Å². The lowest BCUT2D eigenvalue weighted by molar-refractivity contribution is -0.123. The van der Waals surface area contributed by atoms with Crippen LogP contribution >= 0.6 is 0 Å². The first kappa shape index (κ1) is 22.4. The average Bonchev–Trinajstić information content (AvgIpc) is 2.70. The number of anilines is 1. The van der Waals surface area contributed by atoms with Crippen LogP contribution < -0.4 is 14.8 Å². The summed E-state index contributed by atoms with van der Waals surface area (Å²) < 4.78 is 33.3. The molecule has 0 unspecified atom stereocenters. The molecule has 0 saturated heterocycles. The van der Waals surface area contributed by atoms with Crippen LogP contribution in [-0.2, 0) is 21.4 Å². The normalized spacial score (nSPS) is 11.1. The van der Waals surface area contributed by atoms with Gasteiger partial charge in [-0.15, -0.1) is 0 Å². The van der Waals surface area contributed by atoms with Gasteiger partial charge in [0, 0.05) is 12.2 Å². The van der Waals surface area contributed by atoms with Gasteiger partial charge in [-0.05, 0) is 73.9 Å². The summed E-state index contributed by atoms with van der Waals surface area (Å²) in [5, 5.41) is 2.80. The molecule has 0 aliphatic heterocycles. The van der Waals surface area contributed by atoms with Crippen LogP contribution in [0.1, 0.15) is 22.3 Å². The molecule has 2 N–H and O–H groups in total. The lowest BCUT2D eigenvalue weighted by Gasteiger charge is -2.11. The first-order valence-corrected chi connectivity index (χ1v) is 11.4. The third-order valence-electron chi connectivity index (χ3n) is 4.55. The second-order valence-electron chi connectivity index (χ2n) is 7.51. The van der Waals surface area contributed by atoms with E-state index in [-0.39, 0.29) is 17.4 Å². The molecule has 0 spiro atoms. The Morgan fingerprint density at radius 1 is 0.871 bits per heavy atom. The summed E-state index contributed by atoms with van der Waals surface area (Å²) >= 11 is 0. The second-order valence-corrected chi connectivity index (χ2v) is 9.19. The van der Waals surface area contributed by atoms with Crippen molar-refractivity contribution in [1.82, 2.24) is 5.32 Å². The topological polar surface area (TPSA) is 84.5 Å². The van der Waals surface area contributed by atoms with Gasteiger partial charge in [-0.25, -0.2) is 8.42 Å². The summed E-state index contributed by atoms with van der Waals surface area (Å²) in [5.41, 5.74) is 4.61. The zero-order valence-electron chi connectivity index (χ0n) is 17.8. The summed E-state index contributed by atoms with van der Waals surface area (Å²) in [6.07, 6.45) is 0. The molecule has 0 saturated carbocycles. The number of hydrogen-bond acceptors (Lipinski definition) is 4. The van der Waals surface area contributed by atoms with Gasteiger partial charge in [0.15, 0.2) is 6.61 Å². The van der Waals surface area contributed by atoms with E-state index in [4.69, 9.17) is 4.74 Å². The van der Waals surface area contributed by atoms with E-state index in [1.807, 2.05) is 51.1 Å². The van der Waals surface area contributed by atoms with Crippen LogP contribution in [0, 0.1) is 20.8 Å². The van der Waals surface area contributed by atoms with E-state index in [1.54, 1.807) is 12.1 Å². The minimum absolute atomic E-state index is 0.114. The predicted molar refractivity (Wildman–Crippen MR) is 122 cm³/mol. The highest BCUT2D eigenvalue weighted by molar-refractivity contribution is 7.92. The van der Waals surface area contributed by atoms with Crippen molar-refractivity contribution in [2.45, 2.75) is 32.2 Å². The standard InChI is InChI=1S/C24H26N2O4S/c1-17-5-4-6-20(12-17)15-25-24(27)16-30-22-7-9-23(10-8-22)31(28,29)26-21-13-18(2)11-19(3)14-21/h4-14,26H,15-16H2,1-3H3,(H,25,27). The molecule has 0 radical (unpaired) electrons. The number of nitrogens with one attached hydrogen (secondary N) is 2. The van der Waals surface area contributed by atoms with Gasteiger partial charge >= 0.3 is 0 Å². The molecule has 0 bridgehead atoms. The van der Waals surface area contributed by atoms with Gasteiger partial charge in [0.2, 0.25) is 0 Å². The molecule has 31 heavy (non-hydrogen) atoms. The Morgan fingerprint density at radius 3 is 2.19 bits per heavy atom. The van der Waals surface area contributed by atoms with Gasteiger partial charge < -0.3 is 10.1 Å². The van der Waals surface area contributed by atoms with Gasteiger partial charge in [-0.3, -0.25) is 9.52 Å². The number of benzene rings is 3. The molecule has 7 heteroatoms. The number of rotatable bonds is 8. The van der Waals surface area contributed by atoms with Crippen LogP contribution in [0.25, 0.3) is 0 Å². The van der Waals surface area contributed by atoms with Crippen LogP contribution in [0.2, 0.25) is 0 Å². The molecule has 0 aliphatic rings. The maximum atomic E-state index is 12.6. The van der Waals surface area contributed by atoms with Gasteiger partial charge in [-0.2, -0.15) is 0 Å². The number of amides is 1. The molecule has 0 fully saturated rings. The zero-order valence-corrected chi connectivity index (χ0v) is 18.6. The Bertz CT molecular complexity index is 1150. The molecule has 0 atom stereocenters. The van der Waals surface area contributed by atoms with Crippen LogP contribution in [0.3, 0.4) is 0 Å². The second kappa shape index (κ2) is 9.66. The summed E-state index contributed by atoms with van der Waals surface area (Å²) in [6, 6.07) is 19.4. The van der Waals surface area contributed by atoms with E-state index < -0.39 is 10.0 Å². The molecule has 3 aromatic rings. The van der Waals surface area contributed by atoms with Crippen molar-refractivity contribution in [2.24, 2.45) is 0 Å². The Labute approximate surface area is 183 Å². The SMILES string of the molecule is Cc1cccc(CNC(=O)COc2ccc(S(=O)(=O)Nc3cc(C)cc(C)c3)cc2)c1. The number of ether oxygens (including phenoxy) is 1. The molecule has 3 aromatic carbocycles. The first-order valence-electron chi connectivity index (χ1n) is 9.87. The van der Waals surface area contributed by atoms with Gasteiger partial charge in [0.05, 0.1) is 4.90 Å². The Balaban J connectivity index is 1.55. The van der Waals surface area contributed by atoms with Crippen molar-refractivity contribution in [3.05, 3.63) is 89.0 Å². The summed E-state index contributed by atoms with van der Waals surface area (Å²) in [6.45, 7) is 6.08. The van der Waals surface area contributed by atoms with Crippen molar-refractivity contribution >= 4 is 21.6 Å². The molecule has 162 valence electrons. The number of carbonyl (C=O) groups is 1. The largest absolute Gasteiger partial charge is 0.484 e. The number of carbonyl (C=O) groups excluding carboxylic acids is 1. The van der Waals surface area contributed by atoms with Crippen molar-refractivity contribution < 1.29 is 17.9 Å². The quantitative estimate of drug-likeness (QED) is 0.554. The highest BCUT2D eigenvalue weighted by Crippen LogP contribution is 2.21. The summed E-state index contributed by atoms with van der Waals surface area (Å²) in [7, 11) is -3.72. The maximum Gasteiger partial charge on any atom is 0.261 e. The zero-order chi connectivity index (χ0) is 22.4. The van der Waals surface area contributed by atoms with Crippen LogP contribution in [0.4, 0.5) is 5.69 Å². The van der Waals surface area contributed by atoms with E-state index >= 15 is 0 Å². The lowest BCUT2D eigenvalue weighted by Crippen LogP contribution is -2.28. The fourth-order valence-electron chi connectivity index (χ4n) is 3.19. The smallest absolute Gasteiger partial charge is 0.261 e. The molecule has 0 aliphatic carbocycles. The van der Waals surface area contributed by atoms with Crippen LogP contribution in [0.5, 0.6) is 5.75 Å². The minimum atomic E-state index is -3.72. The van der Waals surface area contributed by atoms with Gasteiger partial charge in [-0.1, -0.05) is 35.9 Å². The molecular formula is C24H26N2O4S. The van der Waals surface area contributed by atoms with Crippen molar-refractivity contribution in [3.8, 4) is 5.75 Å². The Kier molecular flexibility index (Phi) is 6.97. The fourth-order valence-corrected chi connectivity index (χ4v) is 4.23. The van der Waals surface area contributed by atoms with Crippen LogP contribution in [-0.4, -0.2) is 20.9 Å². The molecule has 1 amide bonds. The van der Waals surface area contributed by atoms with Gasteiger partial charge in [0.1, 0.15) is 5.75 Å². The van der Waals surface area contributed by atoms with E-state index in [9.17, 15) is 13.2 Å². The average molecular weight is 439 g/mol. The van der Waals surface area contributed by atoms with E-state index in [2.05, 4.69) is 10.0 Å². The third-order valence-corrected chi connectivity index (χ3v) is 5.95. The highest BCUT2D eigenvalue weighted by atomic mass is 32.2.